The second-order valence-corrected chi connectivity index (χ2v) is 11.4. The van der Waals surface area contributed by atoms with Crippen LogP contribution in [-0.2, 0) is 10.0 Å². The maximum Gasteiger partial charge on any atom is 0.251 e. The normalized spacial score (nSPS) is 15.8. The quantitative estimate of drug-likeness (QED) is 0.496. The van der Waals surface area contributed by atoms with Crippen LogP contribution in [0.2, 0.25) is 0 Å². The van der Waals surface area contributed by atoms with Crippen LogP contribution in [0.25, 0.3) is 0 Å². The molecule has 0 bridgehead atoms. The Labute approximate surface area is 176 Å². The van der Waals surface area contributed by atoms with E-state index in [1.54, 1.807) is 20.8 Å². The van der Waals surface area contributed by atoms with Crippen LogP contribution < -0.4 is 15.4 Å². The van der Waals surface area contributed by atoms with E-state index in [1.807, 2.05) is 24.3 Å². The highest BCUT2D eigenvalue weighted by Gasteiger charge is 2.27. The second kappa shape index (κ2) is 11.0. The number of anilines is 1. The van der Waals surface area contributed by atoms with E-state index in [9.17, 15) is 13.2 Å². The molecule has 29 heavy (non-hydrogen) atoms. The number of hydrogen-bond acceptors (Lipinski definition) is 4. The minimum Gasteiger partial charge on any atom is -0.385 e. The number of sulfonamides is 1. The van der Waals surface area contributed by atoms with Crippen LogP contribution in [0.15, 0.2) is 24.3 Å². The van der Waals surface area contributed by atoms with Crippen molar-refractivity contribution in [1.29, 1.82) is 0 Å². The predicted molar refractivity (Wildman–Crippen MR) is 120 cm³/mol. The molecule has 0 aromatic heterocycles. The number of benzene rings is 1. The summed E-state index contributed by atoms with van der Waals surface area (Å²) >= 11 is 0. The molecule has 2 rings (SSSR count). The molecule has 0 heterocycles. The molecule has 0 spiro atoms. The van der Waals surface area contributed by atoms with Crippen molar-refractivity contribution in [3.05, 3.63) is 29.8 Å². The lowest BCUT2D eigenvalue weighted by atomic mass is 9.95. The standard InChI is InChI=1S/C22H37N3O3S/c1-22(2,3)29(27,28)24-17-9-5-8-16-23-19-14-12-18(13-15-19)21(26)25-20-10-6-4-7-11-20/h12-15,20,23-24H,4-11,16-17H2,1-3H3,(H,25,26). The van der Waals surface area contributed by atoms with Crippen molar-refractivity contribution in [1.82, 2.24) is 10.0 Å². The van der Waals surface area contributed by atoms with Crippen molar-refractivity contribution < 1.29 is 13.2 Å². The van der Waals surface area contributed by atoms with Gasteiger partial charge in [0.05, 0.1) is 4.75 Å². The van der Waals surface area contributed by atoms with Crippen molar-refractivity contribution >= 4 is 21.6 Å². The molecule has 7 heteroatoms. The van der Waals surface area contributed by atoms with Gasteiger partial charge in [0, 0.05) is 30.4 Å². The highest BCUT2D eigenvalue weighted by atomic mass is 32.2. The van der Waals surface area contributed by atoms with Crippen LogP contribution in [0, 0.1) is 0 Å². The fraction of sp³-hybridized carbons (Fsp3) is 0.682. The van der Waals surface area contributed by atoms with Crippen LogP contribution in [0.5, 0.6) is 0 Å². The topological polar surface area (TPSA) is 87.3 Å². The lowest BCUT2D eigenvalue weighted by molar-refractivity contribution is 0.0927. The molecule has 0 aliphatic heterocycles. The Morgan fingerprint density at radius 3 is 2.21 bits per heavy atom. The Hall–Kier alpha value is -1.60. The van der Waals surface area contributed by atoms with Gasteiger partial charge in [0.1, 0.15) is 0 Å². The zero-order chi connectivity index (χ0) is 21.3. The molecule has 1 aromatic rings. The maximum atomic E-state index is 12.3. The summed E-state index contributed by atoms with van der Waals surface area (Å²) in [5.41, 5.74) is 1.69. The first kappa shape index (κ1) is 23.7. The number of amides is 1. The second-order valence-electron chi connectivity index (χ2n) is 8.88. The summed E-state index contributed by atoms with van der Waals surface area (Å²) in [4.78, 5) is 12.3. The number of carbonyl (C=O) groups excluding carboxylic acids is 1. The molecule has 0 radical (unpaired) electrons. The monoisotopic (exact) mass is 423 g/mol. The minimum atomic E-state index is -3.25. The van der Waals surface area contributed by atoms with E-state index >= 15 is 0 Å². The number of unbranched alkanes of at least 4 members (excludes halogenated alkanes) is 2. The highest BCUT2D eigenvalue weighted by Crippen LogP contribution is 2.18. The Bertz CT molecular complexity index is 734. The molecule has 0 saturated heterocycles. The largest absolute Gasteiger partial charge is 0.385 e. The number of hydrogen-bond donors (Lipinski definition) is 3. The van der Waals surface area contributed by atoms with Gasteiger partial charge >= 0.3 is 0 Å². The highest BCUT2D eigenvalue weighted by molar-refractivity contribution is 7.90. The van der Waals surface area contributed by atoms with Gasteiger partial charge < -0.3 is 10.6 Å². The molecule has 164 valence electrons. The summed E-state index contributed by atoms with van der Waals surface area (Å²) in [6.45, 7) is 6.39. The molecule has 1 fully saturated rings. The third kappa shape index (κ3) is 7.97. The molecule has 1 saturated carbocycles. The fourth-order valence-corrected chi connectivity index (χ4v) is 4.18. The maximum absolute atomic E-state index is 12.3. The first-order valence-corrected chi connectivity index (χ1v) is 12.3. The summed E-state index contributed by atoms with van der Waals surface area (Å²) in [7, 11) is -3.25. The zero-order valence-electron chi connectivity index (χ0n) is 18.1. The lowest BCUT2D eigenvalue weighted by Gasteiger charge is -2.22. The van der Waals surface area contributed by atoms with Crippen LogP contribution in [0.4, 0.5) is 5.69 Å². The third-order valence-electron chi connectivity index (χ3n) is 5.37. The molecular weight excluding hydrogens is 386 g/mol. The van der Waals surface area contributed by atoms with Gasteiger partial charge in [0.15, 0.2) is 0 Å². The van der Waals surface area contributed by atoms with Gasteiger partial charge in [-0.1, -0.05) is 25.7 Å². The molecule has 6 nitrogen and oxygen atoms in total. The van der Waals surface area contributed by atoms with E-state index in [1.165, 1.54) is 19.3 Å². The van der Waals surface area contributed by atoms with Crippen molar-refractivity contribution in [2.45, 2.75) is 82.9 Å². The zero-order valence-corrected chi connectivity index (χ0v) is 18.9. The van der Waals surface area contributed by atoms with E-state index < -0.39 is 14.8 Å². The smallest absolute Gasteiger partial charge is 0.251 e. The van der Waals surface area contributed by atoms with E-state index in [2.05, 4.69) is 15.4 Å². The van der Waals surface area contributed by atoms with Gasteiger partial charge in [-0.15, -0.1) is 0 Å². The molecule has 3 N–H and O–H groups in total. The fourth-order valence-electron chi connectivity index (χ4n) is 3.34. The van der Waals surface area contributed by atoms with E-state index in [-0.39, 0.29) is 5.91 Å². The summed E-state index contributed by atoms with van der Waals surface area (Å²) in [5, 5.41) is 6.49. The third-order valence-corrected chi connectivity index (χ3v) is 7.56. The molecule has 0 unspecified atom stereocenters. The van der Waals surface area contributed by atoms with Crippen molar-refractivity contribution in [3.63, 3.8) is 0 Å². The van der Waals surface area contributed by atoms with Gasteiger partial charge in [-0.25, -0.2) is 13.1 Å². The summed E-state index contributed by atoms with van der Waals surface area (Å²) < 4.78 is 25.8. The molecule has 1 aliphatic carbocycles. The Morgan fingerprint density at radius 1 is 0.966 bits per heavy atom. The Kier molecular flexibility index (Phi) is 8.96. The van der Waals surface area contributed by atoms with Gasteiger partial charge in [0.25, 0.3) is 5.91 Å². The predicted octanol–water partition coefficient (Wildman–Crippen LogP) is 4.05. The number of nitrogens with one attached hydrogen (secondary N) is 3. The summed E-state index contributed by atoms with van der Waals surface area (Å²) in [6, 6.07) is 7.92. The van der Waals surface area contributed by atoms with Gasteiger partial charge in [-0.3, -0.25) is 4.79 Å². The first-order valence-electron chi connectivity index (χ1n) is 10.8. The van der Waals surface area contributed by atoms with Crippen LogP contribution in [-0.4, -0.2) is 38.2 Å². The van der Waals surface area contributed by atoms with Crippen LogP contribution in [0.3, 0.4) is 0 Å². The Balaban J connectivity index is 1.62. The molecular formula is C22H37N3O3S. The average molecular weight is 424 g/mol. The first-order chi connectivity index (χ1) is 13.7. The van der Waals surface area contributed by atoms with Gasteiger partial charge in [-0.2, -0.15) is 0 Å². The lowest BCUT2D eigenvalue weighted by Crippen LogP contribution is -2.39. The molecule has 1 aliphatic rings. The number of carbonyl (C=O) groups is 1. The molecule has 1 amide bonds. The van der Waals surface area contributed by atoms with E-state index in [4.69, 9.17) is 0 Å². The van der Waals surface area contributed by atoms with Crippen molar-refractivity contribution in [2.24, 2.45) is 0 Å². The Morgan fingerprint density at radius 2 is 1.59 bits per heavy atom. The van der Waals surface area contributed by atoms with Crippen molar-refractivity contribution in [3.8, 4) is 0 Å². The van der Waals surface area contributed by atoms with Crippen molar-refractivity contribution in [2.75, 3.05) is 18.4 Å². The van der Waals surface area contributed by atoms with Gasteiger partial charge in [0.2, 0.25) is 10.0 Å². The summed E-state index contributed by atoms with van der Waals surface area (Å²) in [6.07, 6.45) is 8.58. The minimum absolute atomic E-state index is 0.0150. The van der Waals surface area contributed by atoms with Gasteiger partial charge in [-0.05, 0) is 70.7 Å². The number of rotatable bonds is 10. The van der Waals surface area contributed by atoms with Crippen LogP contribution >= 0.6 is 0 Å². The molecule has 1 aromatic carbocycles. The summed E-state index contributed by atoms with van der Waals surface area (Å²) in [5.74, 6) is 0.0150. The van der Waals surface area contributed by atoms with E-state index in [0.717, 1.165) is 44.3 Å². The van der Waals surface area contributed by atoms with Crippen LogP contribution in [0.1, 0.15) is 82.5 Å². The average Bonchev–Trinajstić information content (AvgIpc) is 2.67. The van der Waals surface area contributed by atoms with E-state index in [0.29, 0.717) is 18.2 Å². The molecule has 0 atom stereocenters. The SMILES string of the molecule is CC(C)(C)S(=O)(=O)NCCCCCNc1ccc(C(=O)NC2CCCCC2)cc1.